The molecular weight excluding hydrogens is 305 g/mol. The molecule has 0 heterocycles. The molecule has 1 aromatic carbocycles. The highest BCUT2D eigenvalue weighted by molar-refractivity contribution is 7.90. The van der Waals surface area contributed by atoms with Crippen LogP contribution in [0.3, 0.4) is 0 Å². The minimum atomic E-state index is -4.40. The quantitative estimate of drug-likeness (QED) is 0.865. The molecule has 0 fully saturated rings. The van der Waals surface area contributed by atoms with Crippen molar-refractivity contribution in [3.63, 3.8) is 0 Å². The number of sulfone groups is 1. The molecule has 0 aliphatic heterocycles. The first-order valence-corrected chi connectivity index (χ1v) is 8.34. The van der Waals surface area contributed by atoms with E-state index in [9.17, 15) is 21.6 Å². The molecule has 120 valence electrons. The van der Waals surface area contributed by atoms with E-state index in [-0.39, 0.29) is 18.8 Å². The Hall–Kier alpha value is -1.12. The lowest BCUT2D eigenvalue weighted by Gasteiger charge is -2.21. The summed E-state index contributed by atoms with van der Waals surface area (Å²) >= 11 is 0. The highest BCUT2D eigenvalue weighted by atomic mass is 32.2. The number of rotatable bonds is 6. The minimum absolute atomic E-state index is 0.0151. The van der Waals surface area contributed by atoms with E-state index in [0.717, 1.165) is 18.4 Å². The van der Waals surface area contributed by atoms with Crippen LogP contribution in [-0.4, -0.2) is 45.5 Å². The van der Waals surface area contributed by atoms with Crippen molar-refractivity contribution in [1.29, 1.82) is 0 Å². The van der Waals surface area contributed by atoms with Gasteiger partial charge in [0.2, 0.25) is 0 Å². The number of nitrogens with two attached hydrogens (primary N) is 1. The van der Waals surface area contributed by atoms with Crippen molar-refractivity contribution < 1.29 is 21.6 Å². The molecule has 1 aromatic rings. The van der Waals surface area contributed by atoms with Crippen molar-refractivity contribution in [1.82, 2.24) is 4.90 Å². The molecule has 1 atom stereocenters. The highest BCUT2D eigenvalue weighted by Crippen LogP contribution is 2.30. The molecule has 0 bridgehead atoms. The maximum Gasteiger partial charge on any atom is 0.416 e. The average molecular weight is 324 g/mol. The third-order valence-corrected chi connectivity index (χ3v) is 3.92. The Kier molecular flexibility index (Phi) is 5.77. The van der Waals surface area contributed by atoms with E-state index in [2.05, 4.69) is 0 Å². The number of nitrogens with zero attached hydrogens (tertiary/aromatic N) is 1. The van der Waals surface area contributed by atoms with Gasteiger partial charge in [0.1, 0.15) is 9.84 Å². The summed E-state index contributed by atoms with van der Waals surface area (Å²) in [4.78, 5) is 1.69. The smallest absolute Gasteiger partial charge is 0.323 e. The Bertz CT molecular complexity index is 573. The minimum Gasteiger partial charge on any atom is -0.323 e. The van der Waals surface area contributed by atoms with Gasteiger partial charge in [-0.15, -0.1) is 0 Å². The lowest BCUT2D eigenvalue weighted by Crippen LogP contribution is -2.32. The van der Waals surface area contributed by atoms with E-state index in [4.69, 9.17) is 5.73 Å². The Balaban J connectivity index is 2.69. The summed E-state index contributed by atoms with van der Waals surface area (Å²) in [5, 5.41) is 0. The Morgan fingerprint density at radius 3 is 2.48 bits per heavy atom. The zero-order valence-corrected chi connectivity index (χ0v) is 12.7. The van der Waals surface area contributed by atoms with E-state index in [0.29, 0.717) is 5.56 Å². The van der Waals surface area contributed by atoms with Gasteiger partial charge in [0.05, 0.1) is 11.3 Å². The lowest BCUT2D eigenvalue weighted by molar-refractivity contribution is -0.137. The molecule has 21 heavy (non-hydrogen) atoms. The third-order valence-electron chi connectivity index (χ3n) is 2.99. The molecule has 1 unspecified atom stereocenters. The summed E-state index contributed by atoms with van der Waals surface area (Å²) in [7, 11) is -1.40. The zero-order chi connectivity index (χ0) is 16.3. The first-order valence-electron chi connectivity index (χ1n) is 6.28. The fourth-order valence-electron chi connectivity index (χ4n) is 1.80. The molecule has 0 saturated heterocycles. The molecule has 0 saturated carbocycles. The Labute approximate surface area is 122 Å². The predicted octanol–water partition coefficient (Wildman–Crippen LogP) is 1.68. The summed E-state index contributed by atoms with van der Waals surface area (Å²) in [6.07, 6.45) is -3.27. The van der Waals surface area contributed by atoms with Gasteiger partial charge in [-0.2, -0.15) is 13.2 Å². The monoisotopic (exact) mass is 324 g/mol. The number of alkyl halides is 3. The standard InChI is InChI=1S/C13H19F3N2O2S/c1-18(6-7-21(2,19)20)9-12(17)10-4-3-5-11(8-10)13(14,15)16/h3-5,8,12H,6-7,9,17H2,1-2H3. The van der Waals surface area contributed by atoms with Gasteiger partial charge in [-0.05, 0) is 24.7 Å². The number of benzene rings is 1. The molecule has 8 heteroatoms. The summed E-state index contributed by atoms with van der Waals surface area (Å²) in [5.41, 5.74) is 5.52. The van der Waals surface area contributed by atoms with Crippen LogP contribution in [0.1, 0.15) is 17.2 Å². The summed E-state index contributed by atoms with van der Waals surface area (Å²) < 4.78 is 60.0. The molecule has 0 aromatic heterocycles. The third kappa shape index (κ3) is 6.45. The van der Waals surface area contributed by atoms with Crippen LogP contribution in [0.2, 0.25) is 0 Å². The van der Waals surface area contributed by atoms with Crippen molar-refractivity contribution in [3.05, 3.63) is 35.4 Å². The van der Waals surface area contributed by atoms with Crippen LogP contribution in [-0.2, 0) is 16.0 Å². The largest absolute Gasteiger partial charge is 0.416 e. The molecule has 0 spiro atoms. The molecule has 0 aliphatic carbocycles. The molecular formula is C13H19F3N2O2S. The van der Waals surface area contributed by atoms with E-state index < -0.39 is 27.6 Å². The fourth-order valence-corrected chi connectivity index (χ4v) is 2.44. The van der Waals surface area contributed by atoms with Gasteiger partial charge in [-0.3, -0.25) is 0 Å². The predicted molar refractivity (Wildman–Crippen MR) is 75.6 cm³/mol. The van der Waals surface area contributed by atoms with Gasteiger partial charge in [-0.25, -0.2) is 8.42 Å². The summed E-state index contributed by atoms with van der Waals surface area (Å²) in [5.74, 6) is -0.0151. The molecule has 0 radical (unpaired) electrons. The van der Waals surface area contributed by atoms with Crippen LogP contribution in [0.15, 0.2) is 24.3 Å². The molecule has 0 amide bonds. The van der Waals surface area contributed by atoms with Crippen LogP contribution >= 0.6 is 0 Å². The Morgan fingerprint density at radius 2 is 1.95 bits per heavy atom. The second-order valence-electron chi connectivity index (χ2n) is 5.12. The molecule has 1 rings (SSSR count). The van der Waals surface area contributed by atoms with Gasteiger partial charge < -0.3 is 10.6 Å². The SMILES string of the molecule is CN(CCS(C)(=O)=O)CC(N)c1cccc(C(F)(F)F)c1. The van der Waals surface area contributed by atoms with Crippen molar-refractivity contribution >= 4 is 9.84 Å². The van der Waals surface area contributed by atoms with Crippen molar-refractivity contribution in [2.45, 2.75) is 12.2 Å². The van der Waals surface area contributed by atoms with Gasteiger partial charge in [0, 0.05) is 25.4 Å². The second kappa shape index (κ2) is 6.76. The van der Waals surface area contributed by atoms with Crippen LogP contribution in [0.5, 0.6) is 0 Å². The molecule has 2 N–H and O–H groups in total. The number of hydrogen-bond donors (Lipinski definition) is 1. The van der Waals surface area contributed by atoms with E-state index in [1.54, 1.807) is 11.9 Å². The Morgan fingerprint density at radius 1 is 1.33 bits per heavy atom. The van der Waals surface area contributed by atoms with E-state index in [1.807, 2.05) is 0 Å². The van der Waals surface area contributed by atoms with Crippen LogP contribution in [0, 0.1) is 0 Å². The topological polar surface area (TPSA) is 63.4 Å². The number of hydrogen-bond acceptors (Lipinski definition) is 4. The number of halogens is 3. The fraction of sp³-hybridized carbons (Fsp3) is 0.538. The first kappa shape index (κ1) is 17.9. The zero-order valence-electron chi connectivity index (χ0n) is 11.9. The highest BCUT2D eigenvalue weighted by Gasteiger charge is 2.30. The average Bonchev–Trinajstić information content (AvgIpc) is 2.34. The van der Waals surface area contributed by atoms with Crippen LogP contribution < -0.4 is 5.73 Å². The van der Waals surface area contributed by atoms with E-state index in [1.165, 1.54) is 12.1 Å². The van der Waals surface area contributed by atoms with Crippen LogP contribution in [0.4, 0.5) is 13.2 Å². The normalized spacial score (nSPS) is 14.4. The second-order valence-corrected chi connectivity index (χ2v) is 7.38. The molecule has 4 nitrogen and oxygen atoms in total. The summed E-state index contributed by atoms with van der Waals surface area (Å²) in [6, 6.07) is 4.24. The maximum atomic E-state index is 12.6. The van der Waals surface area contributed by atoms with Crippen molar-refractivity contribution in [2.24, 2.45) is 5.73 Å². The van der Waals surface area contributed by atoms with Gasteiger partial charge >= 0.3 is 6.18 Å². The van der Waals surface area contributed by atoms with Gasteiger partial charge in [-0.1, -0.05) is 12.1 Å². The van der Waals surface area contributed by atoms with Gasteiger partial charge in [0.25, 0.3) is 0 Å². The number of likely N-dealkylation sites (N-methyl/N-ethyl adjacent to an activating group) is 1. The lowest BCUT2D eigenvalue weighted by atomic mass is 10.0. The van der Waals surface area contributed by atoms with Crippen molar-refractivity contribution in [2.75, 3.05) is 32.1 Å². The summed E-state index contributed by atoms with van der Waals surface area (Å²) in [6.45, 7) is 0.558. The van der Waals surface area contributed by atoms with E-state index >= 15 is 0 Å². The molecule has 0 aliphatic rings. The maximum absolute atomic E-state index is 12.6. The first-order chi connectivity index (χ1) is 9.49. The van der Waals surface area contributed by atoms with Crippen LogP contribution in [0.25, 0.3) is 0 Å². The van der Waals surface area contributed by atoms with Crippen molar-refractivity contribution in [3.8, 4) is 0 Å². The van der Waals surface area contributed by atoms with Gasteiger partial charge in [0.15, 0.2) is 0 Å².